The van der Waals surface area contributed by atoms with E-state index >= 15 is 0 Å². The van der Waals surface area contributed by atoms with Gasteiger partial charge in [0.2, 0.25) is 0 Å². The molecule has 3 N–H and O–H groups in total. The predicted octanol–water partition coefficient (Wildman–Crippen LogP) is 2.63. The van der Waals surface area contributed by atoms with Crippen LogP contribution < -0.4 is 15.8 Å². The van der Waals surface area contributed by atoms with Crippen molar-refractivity contribution in [2.24, 2.45) is 11.7 Å². The molecule has 0 radical (unpaired) electrons. The molecule has 0 fully saturated rings. The number of rotatable bonds is 4. The van der Waals surface area contributed by atoms with E-state index in [1.54, 1.807) is 0 Å². The lowest BCUT2D eigenvalue weighted by molar-refractivity contribution is 0.196. The quantitative estimate of drug-likeness (QED) is 0.898. The molecule has 0 aromatic heterocycles. The Labute approximate surface area is 110 Å². The summed E-state index contributed by atoms with van der Waals surface area (Å²) in [7, 11) is 0. The Balaban J connectivity index is 1.85. The summed E-state index contributed by atoms with van der Waals surface area (Å²) in [4.78, 5) is 0. The highest BCUT2D eigenvalue weighted by atomic mass is 79.9. The monoisotopic (exact) mass is 296 g/mol. The highest BCUT2D eigenvalue weighted by molar-refractivity contribution is 9.10. The second-order valence-electron chi connectivity index (χ2n) is 4.38. The van der Waals surface area contributed by atoms with Crippen LogP contribution in [0.3, 0.4) is 0 Å². The van der Waals surface area contributed by atoms with E-state index in [-0.39, 0.29) is 6.10 Å². The van der Waals surface area contributed by atoms with Gasteiger partial charge in [-0.05, 0) is 43.7 Å². The van der Waals surface area contributed by atoms with Crippen LogP contribution in [0.25, 0.3) is 0 Å². The Morgan fingerprint density at radius 3 is 2.76 bits per heavy atom. The topological polar surface area (TPSA) is 47.3 Å². The standard InChI is InChI=1S/C13H17BrN2O/c1-9(6-10-7-13(15)16-8-10)17-12-4-2-11(14)3-5-12/h2-5,7,9-10,16H,6,8,15H2,1H3/t9-,10+/m1/s1. The van der Waals surface area contributed by atoms with Crippen LogP contribution >= 0.6 is 15.9 Å². The molecular formula is C13H17BrN2O. The lowest BCUT2D eigenvalue weighted by Gasteiger charge is -2.17. The van der Waals surface area contributed by atoms with Crippen LogP contribution in [0.5, 0.6) is 5.75 Å². The van der Waals surface area contributed by atoms with Crippen molar-refractivity contribution in [1.82, 2.24) is 5.32 Å². The molecule has 1 aliphatic rings. The number of hydrogen-bond acceptors (Lipinski definition) is 3. The summed E-state index contributed by atoms with van der Waals surface area (Å²) >= 11 is 3.40. The molecule has 1 heterocycles. The first kappa shape index (κ1) is 12.3. The van der Waals surface area contributed by atoms with Crippen molar-refractivity contribution < 1.29 is 4.74 Å². The van der Waals surface area contributed by atoms with Crippen molar-refractivity contribution in [3.8, 4) is 5.75 Å². The zero-order valence-corrected chi connectivity index (χ0v) is 11.4. The molecule has 1 aromatic rings. The Morgan fingerprint density at radius 2 is 2.18 bits per heavy atom. The summed E-state index contributed by atoms with van der Waals surface area (Å²) in [5.41, 5.74) is 5.67. The van der Waals surface area contributed by atoms with Crippen molar-refractivity contribution in [1.29, 1.82) is 0 Å². The minimum absolute atomic E-state index is 0.185. The SMILES string of the molecule is C[C@H](C[C@H]1C=C(N)NC1)Oc1ccc(Br)cc1. The summed E-state index contributed by atoms with van der Waals surface area (Å²) in [5.74, 6) is 2.16. The summed E-state index contributed by atoms with van der Waals surface area (Å²) in [6.45, 7) is 3.00. The molecule has 2 atom stereocenters. The van der Waals surface area contributed by atoms with Crippen LogP contribution in [-0.2, 0) is 0 Å². The average molecular weight is 297 g/mol. The molecule has 3 nitrogen and oxygen atoms in total. The largest absolute Gasteiger partial charge is 0.491 e. The van der Waals surface area contributed by atoms with Gasteiger partial charge >= 0.3 is 0 Å². The van der Waals surface area contributed by atoms with Crippen LogP contribution in [-0.4, -0.2) is 12.6 Å². The maximum absolute atomic E-state index is 5.85. The second-order valence-corrected chi connectivity index (χ2v) is 5.30. The highest BCUT2D eigenvalue weighted by Gasteiger charge is 2.17. The first-order valence-electron chi connectivity index (χ1n) is 5.77. The van der Waals surface area contributed by atoms with Gasteiger partial charge in [0.25, 0.3) is 0 Å². The Hall–Kier alpha value is -1.16. The van der Waals surface area contributed by atoms with Gasteiger partial charge in [0.05, 0.1) is 11.9 Å². The van der Waals surface area contributed by atoms with E-state index in [1.165, 1.54) is 0 Å². The van der Waals surface area contributed by atoms with Gasteiger partial charge in [0.1, 0.15) is 5.75 Å². The lowest BCUT2D eigenvalue weighted by atomic mass is 10.0. The number of ether oxygens (including phenoxy) is 1. The number of hydrogen-bond donors (Lipinski definition) is 2. The highest BCUT2D eigenvalue weighted by Crippen LogP contribution is 2.20. The first-order valence-corrected chi connectivity index (χ1v) is 6.56. The molecular weight excluding hydrogens is 280 g/mol. The van der Waals surface area contributed by atoms with Crippen LogP contribution in [0.4, 0.5) is 0 Å². The molecule has 0 unspecified atom stereocenters. The molecule has 1 aromatic carbocycles. The van der Waals surface area contributed by atoms with E-state index in [4.69, 9.17) is 10.5 Å². The third-order valence-corrected chi connectivity index (χ3v) is 3.30. The van der Waals surface area contributed by atoms with Crippen molar-refractivity contribution in [3.05, 3.63) is 40.6 Å². The van der Waals surface area contributed by atoms with Crippen LogP contribution in [0.2, 0.25) is 0 Å². The van der Waals surface area contributed by atoms with Crippen molar-refractivity contribution >= 4 is 15.9 Å². The average Bonchev–Trinajstić information content (AvgIpc) is 2.67. The summed E-state index contributed by atoms with van der Waals surface area (Å²) in [6, 6.07) is 7.91. The summed E-state index contributed by atoms with van der Waals surface area (Å²) in [5, 5.41) is 3.12. The van der Waals surface area contributed by atoms with Gasteiger partial charge in [-0.15, -0.1) is 0 Å². The van der Waals surface area contributed by atoms with E-state index in [0.29, 0.717) is 5.92 Å². The summed E-state index contributed by atoms with van der Waals surface area (Å²) in [6.07, 6.45) is 3.23. The molecule has 92 valence electrons. The fraction of sp³-hybridized carbons (Fsp3) is 0.385. The second kappa shape index (κ2) is 5.45. The molecule has 0 bridgehead atoms. The maximum Gasteiger partial charge on any atom is 0.119 e. The van der Waals surface area contributed by atoms with Gasteiger partial charge in [-0.25, -0.2) is 0 Å². The normalized spacial score (nSPS) is 20.6. The van der Waals surface area contributed by atoms with E-state index in [0.717, 1.165) is 29.0 Å². The lowest BCUT2D eigenvalue weighted by Crippen LogP contribution is -2.20. The number of nitrogens with two attached hydrogens (primary N) is 1. The van der Waals surface area contributed by atoms with Gasteiger partial charge in [0, 0.05) is 16.9 Å². The Kier molecular flexibility index (Phi) is 3.94. The first-order chi connectivity index (χ1) is 8.13. The summed E-state index contributed by atoms with van der Waals surface area (Å²) < 4.78 is 6.91. The molecule has 0 saturated heterocycles. The molecule has 2 rings (SSSR count). The smallest absolute Gasteiger partial charge is 0.119 e. The third-order valence-electron chi connectivity index (χ3n) is 2.77. The van der Waals surface area contributed by atoms with E-state index in [9.17, 15) is 0 Å². The third kappa shape index (κ3) is 3.66. The van der Waals surface area contributed by atoms with Crippen LogP contribution in [0, 0.1) is 5.92 Å². The van der Waals surface area contributed by atoms with Gasteiger partial charge in [0.15, 0.2) is 0 Å². The molecule has 4 heteroatoms. The Bertz CT molecular complexity index is 402. The van der Waals surface area contributed by atoms with Crippen molar-refractivity contribution in [2.45, 2.75) is 19.4 Å². The minimum Gasteiger partial charge on any atom is -0.491 e. The van der Waals surface area contributed by atoms with Crippen molar-refractivity contribution in [2.75, 3.05) is 6.54 Å². The van der Waals surface area contributed by atoms with Gasteiger partial charge in [-0.2, -0.15) is 0 Å². The van der Waals surface area contributed by atoms with Gasteiger partial charge in [-0.3, -0.25) is 0 Å². The van der Waals surface area contributed by atoms with Gasteiger partial charge < -0.3 is 15.8 Å². The molecule has 17 heavy (non-hydrogen) atoms. The molecule has 0 spiro atoms. The van der Waals surface area contributed by atoms with Crippen LogP contribution in [0.1, 0.15) is 13.3 Å². The van der Waals surface area contributed by atoms with E-state index in [2.05, 4.69) is 34.2 Å². The van der Waals surface area contributed by atoms with E-state index in [1.807, 2.05) is 24.3 Å². The minimum atomic E-state index is 0.185. The molecule has 0 aliphatic carbocycles. The fourth-order valence-corrected chi connectivity index (χ4v) is 2.26. The predicted molar refractivity (Wildman–Crippen MR) is 72.6 cm³/mol. The zero-order valence-electron chi connectivity index (χ0n) is 9.82. The fourth-order valence-electron chi connectivity index (χ4n) is 1.99. The maximum atomic E-state index is 5.85. The van der Waals surface area contributed by atoms with E-state index < -0.39 is 0 Å². The molecule has 0 saturated carbocycles. The number of nitrogens with one attached hydrogen (secondary N) is 1. The zero-order chi connectivity index (χ0) is 12.3. The van der Waals surface area contributed by atoms with Crippen molar-refractivity contribution in [3.63, 3.8) is 0 Å². The number of halogens is 1. The van der Waals surface area contributed by atoms with Crippen LogP contribution in [0.15, 0.2) is 40.6 Å². The molecule has 0 amide bonds. The molecule has 1 aliphatic heterocycles. The number of benzene rings is 1. The Morgan fingerprint density at radius 1 is 1.47 bits per heavy atom. The van der Waals surface area contributed by atoms with Gasteiger partial charge in [-0.1, -0.05) is 15.9 Å².